The molecule has 0 amide bonds. The van der Waals surface area contributed by atoms with Crippen molar-refractivity contribution < 1.29 is 10.2 Å². The highest BCUT2D eigenvalue weighted by molar-refractivity contribution is 5.84. The molecule has 0 aliphatic rings. The van der Waals surface area contributed by atoms with Crippen LogP contribution in [-0.4, -0.2) is 55.4 Å². The molecule has 5 N–H and O–H groups in total. The largest absolute Gasteiger partial charge is 0.394 e. The summed E-state index contributed by atoms with van der Waals surface area (Å²) in [7, 11) is 0. The number of aliphatic hydroxyl groups excluding tert-OH is 2. The lowest BCUT2D eigenvalue weighted by molar-refractivity contribution is 0.132. The number of nitrogens with zero attached hydrogens (tertiary/aromatic N) is 3. The van der Waals surface area contributed by atoms with Crippen LogP contribution in [-0.2, 0) is 0 Å². The zero-order chi connectivity index (χ0) is 15.3. The Morgan fingerprint density at radius 3 is 2.62 bits per heavy atom. The van der Waals surface area contributed by atoms with E-state index in [-0.39, 0.29) is 13.2 Å². The molecule has 2 aromatic rings. The van der Waals surface area contributed by atoms with Crippen LogP contribution in [0.3, 0.4) is 0 Å². The predicted octanol–water partition coefficient (Wildman–Crippen LogP) is 0.720. The molecule has 0 saturated heterocycles. The van der Waals surface area contributed by atoms with Crippen molar-refractivity contribution in [3.8, 4) is 0 Å². The number of nitrogens with one attached hydrogen (secondary N) is 3. The molecule has 0 fully saturated rings. The number of aromatic nitrogens is 4. The van der Waals surface area contributed by atoms with Gasteiger partial charge in [0.25, 0.3) is 0 Å². The Hall–Kier alpha value is -1.93. The molecule has 2 rings (SSSR count). The molecule has 116 valence electrons. The Kier molecular flexibility index (Phi) is 4.92. The molecule has 8 heteroatoms. The minimum absolute atomic E-state index is 0.197. The second-order valence-electron chi connectivity index (χ2n) is 5.00. The van der Waals surface area contributed by atoms with E-state index in [9.17, 15) is 10.2 Å². The van der Waals surface area contributed by atoms with Gasteiger partial charge in [-0.3, -0.25) is 0 Å². The first-order valence-corrected chi connectivity index (χ1v) is 7.13. The zero-order valence-electron chi connectivity index (χ0n) is 12.3. The summed E-state index contributed by atoms with van der Waals surface area (Å²) < 4.78 is 0. The lowest BCUT2D eigenvalue weighted by atomic mass is 9.98. The van der Waals surface area contributed by atoms with E-state index in [1.807, 2.05) is 6.92 Å². The lowest BCUT2D eigenvalue weighted by Crippen LogP contribution is -2.45. The Morgan fingerprint density at radius 2 is 2.00 bits per heavy atom. The molecule has 0 saturated carbocycles. The van der Waals surface area contributed by atoms with Crippen LogP contribution in [0.15, 0.2) is 6.33 Å². The standard InChI is InChI=1S/C13H22N6O2/c1-3-5-14-12-17-10-9(15-8-16-10)11(18-12)19-13(4-2,6-20)7-21/h8,20-21H,3-7H2,1-2H3,(H3,14,15,16,17,18,19). The fraction of sp³-hybridized carbons (Fsp3) is 0.615. The monoisotopic (exact) mass is 294 g/mol. The molecular formula is C13H22N6O2. The fourth-order valence-electron chi connectivity index (χ4n) is 1.93. The topological polar surface area (TPSA) is 119 Å². The predicted molar refractivity (Wildman–Crippen MR) is 81.3 cm³/mol. The van der Waals surface area contributed by atoms with Gasteiger partial charge in [-0.25, -0.2) is 4.98 Å². The van der Waals surface area contributed by atoms with Gasteiger partial charge in [-0.05, 0) is 12.8 Å². The number of rotatable bonds is 8. The Balaban J connectivity index is 2.38. The smallest absolute Gasteiger partial charge is 0.226 e. The second-order valence-corrected chi connectivity index (χ2v) is 5.00. The summed E-state index contributed by atoms with van der Waals surface area (Å²) in [6, 6.07) is 0. The number of fused-ring (bicyclic) bond motifs is 1. The van der Waals surface area contributed by atoms with Crippen LogP contribution in [0, 0.1) is 0 Å². The molecule has 0 aromatic carbocycles. The number of hydrogen-bond donors (Lipinski definition) is 5. The van der Waals surface area contributed by atoms with Gasteiger partial charge in [0.2, 0.25) is 5.95 Å². The summed E-state index contributed by atoms with van der Waals surface area (Å²) in [6.45, 7) is 4.31. The fourth-order valence-corrected chi connectivity index (χ4v) is 1.93. The van der Waals surface area contributed by atoms with Crippen molar-refractivity contribution in [3.05, 3.63) is 6.33 Å². The van der Waals surface area contributed by atoms with E-state index >= 15 is 0 Å². The first-order valence-electron chi connectivity index (χ1n) is 7.13. The molecule has 0 unspecified atom stereocenters. The Bertz CT molecular complexity index is 573. The number of anilines is 2. The third-order valence-corrected chi connectivity index (χ3v) is 3.48. The molecule has 21 heavy (non-hydrogen) atoms. The van der Waals surface area contributed by atoms with Gasteiger partial charge in [-0.15, -0.1) is 0 Å². The lowest BCUT2D eigenvalue weighted by Gasteiger charge is -2.30. The molecule has 8 nitrogen and oxygen atoms in total. The van der Waals surface area contributed by atoms with Crippen molar-refractivity contribution in [2.45, 2.75) is 32.2 Å². The van der Waals surface area contributed by atoms with E-state index in [4.69, 9.17) is 0 Å². The van der Waals surface area contributed by atoms with Crippen molar-refractivity contribution in [2.24, 2.45) is 0 Å². The Labute approximate surface area is 123 Å². The maximum absolute atomic E-state index is 9.56. The highest BCUT2D eigenvalue weighted by Gasteiger charge is 2.28. The number of aliphatic hydroxyl groups is 2. The van der Waals surface area contributed by atoms with Crippen molar-refractivity contribution in [2.75, 3.05) is 30.4 Å². The maximum Gasteiger partial charge on any atom is 0.226 e. The van der Waals surface area contributed by atoms with Crippen molar-refractivity contribution >= 4 is 22.9 Å². The van der Waals surface area contributed by atoms with Crippen LogP contribution in [0.4, 0.5) is 11.8 Å². The van der Waals surface area contributed by atoms with Crippen molar-refractivity contribution in [1.29, 1.82) is 0 Å². The summed E-state index contributed by atoms with van der Waals surface area (Å²) in [5.41, 5.74) is 0.359. The highest BCUT2D eigenvalue weighted by atomic mass is 16.3. The minimum Gasteiger partial charge on any atom is -0.394 e. The summed E-state index contributed by atoms with van der Waals surface area (Å²) in [5.74, 6) is 0.987. The van der Waals surface area contributed by atoms with Crippen molar-refractivity contribution in [3.63, 3.8) is 0 Å². The number of H-pyrrole nitrogens is 1. The first-order chi connectivity index (χ1) is 10.2. The molecule has 0 aliphatic carbocycles. The van der Waals surface area contributed by atoms with Crippen molar-refractivity contribution in [1.82, 2.24) is 19.9 Å². The van der Waals surface area contributed by atoms with Gasteiger partial charge in [0.05, 0.1) is 25.1 Å². The number of imidazole rings is 1. The molecule has 0 aliphatic heterocycles. The van der Waals surface area contributed by atoms with E-state index in [0.29, 0.717) is 29.4 Å². The van der Waals surface area contributed by atoms with Crippen LogP contribution in [0.1, 0.15) is 26.7 Å². The van der Waals surface area contributed by atoms with Crippen LogP contribution < -0.4 is 10.6 Å². The van der Waals surface area contributed by atoms with Gasteiger partial charge in [0.1, 0.15) is 5.52 Å². The summed E-state index contributed by atoms with van der Waals surface area (Å²) in [4.78, 5) is 15.8. The maximum atomic E-state index is 9.56. The molecule has 0 spiro atoms. The van der Waals surface area contributed by atoms with E-state index in [1.54, 1.807) is 6.33 Å². The Morgan fingerprint density at radius 1 is 1.24 bits per heavy atom. The summed E-state index contributed by atoms with van der Waals surface area (Å²) in [6.07, 6.45) is 3.05. The van der Waals surface area contributed by atoms with E-state index in [1.165, 1.54) is 0 Å². The quantitative estimate of drug-likeness (QED) is 0.486. The second kappa shape index (κ2) is 6.68. The van der Waals surface area contributed by atoms with Crippen LogP contribution in [0.25, 0.3) is 11.2 Å². The average Bonchev–Trinajstić information content (AvgIpc) is 2.99. The number of aromatic amines is 1. The van der Waals surface area contributed by atoms with Gasteiger partial charge in [0, 0.05) is 6.54 Å². The average molecular weight is 294 g/mol. The van der Waals surface area contributed by atoms with Gasteiger partial charge in [0.15, 0.2) is 11.5 Å². The molecule has 2 aromatic heterocycles. The normalized spacial score (nSPS) is 11.8. The molecule has 0 atom stereocenters. The third kappa shape index (κ3) is 3.22. The SMILES string of the molecule is CCCNc1nc(NC(CC)(CO)CO)c2[nH]cnc2n1. The van der Waals surface area contributed by atoms with Crippen LogP contribution in [0.2, 0.25) is 0 Å². The number of hydrogen-bond acceptors (Lipinski definition) is 7. The molecule has 2 heterocycles. The van der Waals surface area contributed by atoms with E-state index in [2.05, 4.69) is 37.5 Å². The van der Waals surface area contributed by atoms with E-state index < -0.39 is 5.54 Å². The van der Waals surface area contributed by atoms with Gasteiger partial charge in [-0.1, -0.05) is 13.8 Å². The molecular weight excluding hydrogens is 272 g/mol. The highest BCUT2D eigenvalue weighted by Crippen LogP contribution is 2.23. The third-order valence-electron chi connectivity index (χ3n) is 3.48. The van der Waals surface area contributed by atoms with Crippen LogP contribution in [0.5, 0.6) is 0 Å². The van der Waals surface area contributed by atoms with E-state index in [0.717, 1.165) is 13.0 Å². The summed E-state index contributed by atoms with van der Waals surface area (Å²) in [5, 5.41) is 25.4. The first kappa shape index (κ1) is 15.5. The summed E-state index contributed by atoms with van der Waals surface area (Å²) >= 11 is 0. The zero-order valence-corrected chi connectivity index (χ0v) is 12.3. The van der Waals surface area contributed by atoms with Gasteiger partial charge in [-0.2, -0.15) is 9.97 Å². The minimum atomic E-state index is -0.825. The molecule has 0 bridgehead atoms. The van der Waals surface area contributed by atoms with Gasteiger partial charge >= 0.3 is 0 Å². The van der Waals surface area contributed by atoms with Gasteiger partial charge < -0.3 is 25.8 Å². The van der Waals surface area contributed by atoms with Crippen LogP contribution >= 0.6 is 0 Å². The molecule has 0 radical (unpaired) electrons.